The van der Waals surface area contributed by atoms with Crippen LogP contribution in [0.25, 0.3) is 0 Å². The fourth-order valence-corrected chi connectivity index (χ4v) is 1.47. The summed E-state index contributed by atoms with van der Waals surface area (Å²) in [5.74, 6) is -1.31. The molecule has 1 aliphatic heterocycles. The van der Waals surface area contributed by atoms with Crippen LogP contribution in [0.1, 0.15) is 12.8 Å². The molecule has 0 saturated carbocycles. The van der Waals surface area contributed by atoms with Crippen molar-refractivity contribution < 1.29 is 19.7 Å². The van der Waals surface area contributed by atoms with Crippen LogP contribution in [0.4, 0.5) is 0 Å². The molecule has 0 radical (unpaired) electrons. The van der Waals surface area contributed by atoms with Gasteiger partial charge in [-0.2, -0.15) is 0 Å². The van der Waals surface area contributed by atoms with E-state index in [2.05, 4.69) is 0 Å². The van der Waals surface area contributed by atoms with Crippen LogP contribution < -0.4 is 5.73 Å². The van der Waals surface area contributed by atoms with Gasteiger partial charge in [0.25, 0.3) is 0 Å². The van der Waals surface area contributed by atoms with E-state index >= 15 is 0 Å². The Morgan fingerprint density at radius 3 is 2.77 bits per heavy atom. The minimum Gasteiger partial charge on any atom is -0.480 e. The number of carboxylic acid groups (broad SMARTS) is 1. The van der Waals surface area contributed by atoms with Crippen molar-refractivity contribution in [2.24, 2.45) is 11.7 Å². The number of ether oxygens (including phenoxy) is 1. The molecule has 0 amide bonds. The fourth-order valence-electron chi connectivity index (χ4n) is 1.47. The largest absolute Gasteiger partial charge is 0.480 e. The van der Waals surface area contributed by atoms with Crippen molar-refractivity contribution in [2.45, 2.75) is 25.0 Å². The number of nitrogens with two attached hydrogens (primary N) is 1. The average molecular weight is 189 g/mol. The lowest BCUT2D eigenvalue weighted by molar-refractivity contribution is -0.143. The Hall–Kier alpha value is -0.650. The zero-order valence-corrected chi connectivity index (χ0v) is 7.35. The lowest BCUT2D eigenvalue weighted by Crippen LogP contribution is -2.47. The molecule has 4 N–H and O–H groups in total. The molecule has 0 aromatic heterocycles. The second-order valence-corrected chi connectivity index (χ2v) is 3.33. The predicted molar refractivity (Wildman–Crippen MR) is 45.2 cm³/mol. The molecular weight excluding hydrogens is 174 g/mol. The molecule has 0 aromatic carbocycles. The van der Waals surface area contributed by atoms with Gasteiger partial charge >= 0.3 is 5.97 Å². The SMILES string of the molecule is NC(C(=O)O)C(O)C1CCCOC1. The molecule has 1 saturated heterocycles. The van der Waals surface area contributed by atoms with E-state index in [1.807, 2.05) is 0 Å². The van der Waals surface area contributed by atoms with E-state index in [0.29, 0.717) is 13.2 Å². The van der Waals surface area contributed by atoms with Crippen molar-refractivity contribution in [1.82, 2.24) is 0 Å². The minimum atomic E-state index is -1.20. The van der Waals surface area contributed by atoms with Crippen LogP contribution in [0.3, 0.4) is 0 Å². The van der Waals surface area contributed by atoms with Crippen LogP contribution in [0.5, 0.6) is 0 Å². The number of hydrogen-bond donors (Lipinski definition) is 3. The smallest absolute Gasteiger partial charge is 0.323 e. The van der Waals surface area contributed by atoms with E-state index < -0.39 is 18.1 Å². The van der Waals surface area contributed by atoms with Gasteiger partial charge in [0.15, 0.2) is 0 Å². The van der Waals surface area contributed by atoms with Crippen LogP contribution in [-0.2, 0) is 9.53 Å². The highest BCUT2D eigenvalue weighted by Gasteiger charge is 2.31. The first-order chi connectivity index (χ1) is 6.13. The number of carboxylic acids is 1. The Bertz CT molecular complexity index is 179. The molecule has 1 fully saturated rings. The molecule has 0 bridgehead atoms. The Kier molecular flexibility index (Phi) is 3.65. The molecule has 3 unspecified atom stereocenters. The van der Waals surface area contributed by atoms with E-state index in [9.17, 15) is 9.90 Å². The van der Waals surface area contributed by atoms with Crippen LogP contribution in [0.2, 0.25) is 0 Å². The topological polar surface area (TPSA) is 92.8 Å². The first-order valence-corrected chi connectivity index (χ1v) is 4.37. The van der Waals surface area contributed by atoms with Gasteiger partial charge in [0.1, 0.15) is 6.04 Å². The maximum Gasteiger partial charge on any atom is 0.323 e. The number of aliphatic carboxylic acids is 1. The lowest BCUT2D eigenvalue weighted by atomic mass is 9.91. The summed E-state index contributed by atoms with van der Waals surface area (Å²) in [6, 6.07) is -1.20. The van der Waals surface area contributed by atoms with E-state index in [0.717, 1.165) is 12.8 Å². The van der Waals surface area contributed by atoms with Crippen LogP contribution >= 0.6 is 0 Å². The summed E-state index contributed by atoms with van der Waals surface area (Å²) in [7, 11) is 0. The van der Waals surface area contributed by atoms with E-state index in [1.54, 1.807) is 0 Å². The molecular formula is C8H15NO4. The first-order valence-electron chi connectivity index (χ1n) is 4.37. The summed E-state index contributed by atoms with van der Waals surface area (Å²) < 4.78 is 5.12. The Balaban J connectivity index is 2.44. The third kappa shape index (κ3) is 2.65. The van der Waals surface area contributed by atoms with Crippen molar-refractivity contribution >= 4 is 5.97 Å². The molecule has 5 heteroatoms. The van der Waals surface area contributed by atoms with Gasteiger partial charge in [-0.15, -0.1) is 0 Å². The summed E-state index contributed by atoms with van der Waals surface area (Å²) >= 11 is 0. The quantitative estimate of drug-likeness (QED) is 0.539. The van der Waals surface area contributed by atoms with Gasteiger partial charge in [-0.1, -0.05) is 0 Å². The second-order valence-electron chi connectivity index (χ2n) is 3.33. The van der Waals surface area contributed by atoms with Crippen LogP contribution in [0.15, 0.2) is 0 Å². The van der Waals surface area contributed by atoms with Crippen molar-refractivity contribution in [3.8, 4) is 0 Å². The average Bonchev–Trinajstić information content (AvgIpc) is 2.17. The lowest BCUT2D eigenvalue weighted by Gasteiger charge is -2.28. The van der Waals surface area contributed by atoms with Crippen molar-refractivity contribution in [3.63, 3.8) is 0 Å². The molecule has 13 heavy (non-hydrogen) atoms. The molecule has 1 rings (SSSR count). The molecule has 1 aliphatic rings. The third-order valence-electron chi connectivity index (χ3n) is 2.33. The molecule has 1 heterocycles. The van der Waals surface area contributed by atoms with E-state index in [-0.39, 0.29) is 5.92 Å². The summed E-state index contributed by atoms with van der Waals surface area (Å²) in [4.78, 5) is 10.5. The van der Waals surface area contributed by atoms with Gasteiger partial charge in [-0.25, -0.2) is 0 Å². The molecule has 76 valence electrons. The molecule has 5 nitrogen and oxygen atoms in total. The van der Waals surface area contributed by atoms with E-state index in [4.69, 9.17) is 15.6 Å². The van der Waals surface area contributed by atoms with Crippen LogP contribution in [0, 0.1) is 5.92 Å². The summed E-state index contributed by atoms with van der Waals surface area (Å²) in [5.41, 5.74) is 5.29. The fraction of sp³-hybridized carbons (Fsp3) is 0.875. The van der Waals surface area contributed by atoms with Crippen molar-refractivity contribution in [3.05, 3.63) is 0 Å². The summed E-state index contributed by atoms with van der Waals surface area (Å²) in [5, 5.41) is 18.1. The number of aliphatic hydroxyl groups excluding tert-OH is 1. The molecule has 0 aromatic rings. The zero-order chi connectivity index (χ0) is 9.84. The Morgan fingerprint density at radius 2 is 2.31 bits per heavy atom. The minimum absolute atomic E-state index is 0.139. The Morgan fingerprint density at radius 1 is 1.62 bits per heavy atom. The van der Waals surface area contributed by atoms with Gasteiger partial charge in [0.2, 0.25) is 0 Å². The molecule has 0 spiro atoms. The number of hydrogen-bond acceptors (Lipinski definition) is 4. The number of carbonyl (C=O) groups is 1. The van der Waals surface area contributed by atoms with Crippen molar-refractivity contribution in [2.75, 3.05) is 13.2 Å². The highest BCUT2D eigenvalue weighted by atomic mass is 16.5. The highest BCUT2D eigenvalue weighted by Crippen LogP contribution is 2.18. The third-order valence-corrected chi connectivity index (χ3v) is 2.33. The van der Waals surface area contributed by atoms with E-state index in [1.165, 1.54) is 0 Å². The van der Waals surface area contributed by atoms with Gasteiger partial charge in [0, 0.05) is 12.5 Å². The van der Waals surface area contributed by atoms with Gasteiger partial charge in [0.05, 0.1) is 12.7 Å². The van der Waals surface area contributed by atoms with Gasteiger partial charge in [-0.05, 0) is 12.8 Å². The zero-order valence-electron chi connectivity index (χ0n) is 7.35. The maximum atomic E-state index is 10.5. The first kappa shape index (κ1) is 10.4. The standard InChI is InChI=1S/C8H15NO4/c9-6(8(11)12)7(10)5-2-1-3-13-4-5/h5-7,10H,1-4,9H2,(H,11,12). The van der Waals surface area contributed by atoms with Crippen molar-refractivity contribution in [1.29, 1.82) is 0 Å². The summed E-state index contributed by atoms with van der Waals surface area (Å²) in [6.07, 6.45) is 0.633. The second kappa shape index (κ2) is 4.55. The molecule has 3 atom stereocenters. The number of rotatable bonds is 3. The maximum absolute atomic E-state index is 10.5. The van der Waals surface area contributed by atoms with Gasteiger partial charge < -0.3 is 20.7 Å². The number of aliphatic hydroxyl groups is 1. The summed E-state index contributed by atoms with van der Waals surface area (Å²) in [6.45, 7) is 1.09. The predicted octanol–water partition coefficient (Wildman–Crippen LogP) is -0.814. The van der Waals surface area contributed by atoms with Gasteiger partial charge in [-0.3, -0.25) is 4.79 Å². The highest BCUT2D eigenvalue weighted by molar-refractivity contribution is 5.73. The normalized spacial score (nSPS) is 28.0. The van der Waals surface area contributed by atoms with Crippen LogP contribution in [-0.4, -0.2) is 41.5 Å². The molecule has 0 aliphatic carbocycles. The Labute approximate surface area is 76.5 Å². The monoisotopic (exact) mass is 189 g/mol.